The van der Waals surface area contributed by atoms with Crippen molar-refractivity contribution in [2.75, 3.05) is 17.7 Å². The molecule has 0 saturated carbocycles. The van der Waals surface area contributed by atoms with E-state index in [0.29, 0.717) is 5.52 Å². The normalized spacial score (nSPS) is 13.8. The Morgan fingerprint density at radius 1 is 1.40 bits per heavy atom. The molecule has 110 valence electrons. The van der Waals surface area contributed by atoms with E-state index < -0.39 is 11.7 Å². The number of hydrogen-bond acceptors (Lipinski definition) is 3. The number of nitrogens with two attached hydrogens (primary N) is 1. The van der Waals surface area contributed by atoms with Crippen molar-refractivity contribution >= 4 is 28.7 Å². The number of thioether (sulfide) groups is 1. The predicted octanol–water partition coefficient (Wildman–Crippen LogP) is 3.95. The van der Waals surface area contributed by atoms with Crippen LogP contribution in [0.25, 0.3) is 11.0 Å². The van der Waals surface area contributed by atoms with Gasteiger partial charge in [0.25, 0.3) is 0 Å². The molecule has 1 unspecified atom stereocenters. The first kappa shape index (κ1) is 15.0. The molecule has 1 heterocycles. The molecule has 0 radical (unpaired) electrons. The molecule has 1 aromatic carbocycles. The average molecular weight is 303 g/mol. The van der Waals surface area contributed by atoms with Gasteiger partial charge >= 0.3 is 6.18 Å². The van der Waals surface area contributed by atoms with Crippen LogP contribution >= 0.6 is 11.8 Å². The fourth-order valence-electron chi connectivity index (χ4n) is 2.17. The van der Waals surface area contributed by atoms with Gasteiger partial charge in [0.2, 0.25) is 5.95 Å². The molecule has 3 nitrogen and oxygen atoms in total. The van der Waals surface area contributed by atoms with Gasteiger partial charge in [-0.2, -0.15) is 24.9 Å². The zero-order chi connectivity index (χ0) is 14.9. The summed E-state index contributed by atoms with van der Waals surface area (Å²) in [7, 11) is 0. The highest BCUT2D eigenvalue weighted by Gasteiger charge is 2.31. The summed E-state index contributed by atoms with van der Waals surface area (Å²) in [6.45, 7) is 1.99. The monoisotopic (exact) mass is 303 g/mol. The second kappa shape index (κ2) is 5.55. The summed E-state index contributed by atoms with van der Waals surface area (Å²) in [6.07, 6.45) is -1.47. The average Bonchev–Trinajstić information content (AvgIpc) is 2.69. The first-order valence-electron chi connectivity index (χ1n) is 6.18. The van der Waals surface area contributed by atoms with Crippen LogP contribution in [0.4, 0.5) is 19.1 Å². The first-order valence-corrected chi connectivity index (χ1v) is 7.57. The minimum atomic E-state index is -4.36. The van der Waals surface area contributed by atoms with Crippen molar-refractivity contribution in [1.82, 2.24) is 9.55 Å². The summed E-state index contributed by atoms with van der Waals surface area (Å²) in [6, 6.07) is 3.66. The first-order chi connectivity index (χ1) is 9.34. The highest BCUT2D eigenvalue weighted by molar-refractivity contribution is 7.98. The van der Waals surface area contributed by atoms with Crippen LogP contribution in [0.15, 0.2) is 18.2 Å². The molecule has 2 N–H and O–H groups in total. The molecule has 0 amide bonds. The number of halogens is 3. The van der Waals surface area contributed by atoms with Crippen molar-refractivity contribution < 1.29 is 13.2 Å². The number of alkyl halides is 3. The Morgan fingerprint density at radius 2 is 2.10 bits per heavy atom. The van der Waals surface area contributed by atoms with Crippen LogP contribution < -0.4 is 5.73 Å². The number of aromatic nitrogens is 2. The zero-order valence-electron chi connectivity index (χ0n) is 11.2. The van der Waals surface area contributed by atoms with Crippen LogP contribution in [-0.4, -0.2) is 21.6 Å². The second-order valence-electron chi connectivity index (χ2n) is 4.67. The van der Waals surface area contributed by atoms with Crippen LogP contribution in [0.2, 0.25) is 0 Å². The summed E-state index contributed by atoms with van der Waals surface area (Å²) in [5.41, 5.74) is 6.07. The molecule has 20 heavy (non-hydrogen) atoms. The van der Waals surface area contributed by atoms with Gasteiger partial charge in [-0.05, 0) is 43.6 Å². The Hall–Kier alpha value is -1.37. The van der Waals surface area contributed by atoms with E-state index in [-0.39, 0.29) is 17.5 Å². The molecule has 0 fully saturated rings. The molecule has 0 aliphatic heterocycles. The van der Waals surface area contributed by atoms with E-state index in [2.05, 4.69) is 4.98 Å². The summed E-state index contributed by atoms with van der Waals surface area (Å²) < 4.78 is 39.8. The number of hydrogen-bond donors (Lipinski definition) is 1. The molecule has 1 aromatic heterocycles. The molecule has 1 atom stereocenters. The van der Waals surface area contributed by atoms with E-state index in [4.69, 9.17) is 5.73 Å². The lowest BCUT2D eigenvalue weighted by atomic mass is 10.2. The third-order valence-corrected chi connectivity index (χ3v) is 3.87. The molecule has 2 rings (SSSR count). The van der Waals surface area contributed by atoms with Crippen molar-refractivity contribution in [3.63, 3.8) is 0 Å². The molecular formula is C13H16F3N3S. The van der Waals surface area contributed by atoms with Gasteiger partial charge in [-0.1, -0.05) is 0 Å². The zero-order valence-corrected chi connectivity index (χ0v) is 12.1. The molecule has 0 aliphatic carbocycles. The second-order valence-corrected chi connectivity index (χ2v) is 5.66. The van der Waals surface area contributed by atoms with Crippen LogP contribution in [0.1, 0.15) is 24.9 Å². The number of rotatable bonds is 4. The van der Waals surface area contributed by atoms with E-state index >= 15 is 0 Å². The molecule has 0 aliphatic rings. The number of anilines is 1. The van der Waals surface area contributed by atoms with E-state index in [1.165, 1.54) is 6.07 Å². The topological polar surface area (TPSA) is 43.8 Å². The van der Waals surface area contributed by atoms with Crippen molar-refractivity contribution in [2.24, 2.45) is 0 Å². The van der Waals surface area contributed by atoms with E-state index in [1.54, 1.807) is 16.3 Å². The van der Waals surface area contributed by atoms with Crippen LogP contribution in [-0.2, 0) is 6.18 Å². The highest BCUT2D eigenvalue weighted by atomic mass is 32.2. The fourth-order valence-corrected chi connectivity index (χ4v) is 2.75. The smallest absolute Gasteiger partial charge is 0.369 e. The predicted molar refractivity (Wildman–Crippen MR) is 76.9 cm³/mol. The molecule has 0 bridgehead atoms. The fraction of sp³-hybridized carbons (Fsp3) is 0.462. The largest absolute Gasteiger partial charge is 0.416 e. The summed E-state index contributed by atoms with van der Waals surface area (Å²) in [5, 5.41) is 0. The number of benzene rings is 1. The van der Waals surface area contributed by atoms with Crippen LogP contribution in [0.3, 0.4) is 0 Å². The van der Waals surface area contributed by atoms with Gasteiger partial charge in [0.15, 0.2) is 0 Å². The standard InChI is InChI=1S/C13H16F3N3S/c1-8(5-6-20-2)19-11-4-3-9(13(14,15)16)7-10(11)18-12(19)17/h3-4,7-8H,5-6H2,1-2H3,(H2,17,18). The molecular weight excluding hydrogens is 287 g/mol. The van der Waals surface area contributed by atoms with E-state index in [1.807, 2.05) is 13.2 Å². The summed E-state index contributed by atoms with van der Waals surface area (Å²) in [4.78, 5) is 4.05. The van der Waals surface area contributed by atoms with Crippen molar-refractivity contribution in [2.45, 2.75) is 25.6 Å². The molecule has 0 saturated heterocycles. The Morgan fingerprint density at radius 3 is 2.70 bits per heavy atom. The third kappa shape index (κ3) is 2.87. The lowest BCUT2D eigenvalue weighted by molar-refractivity contribution is -0.137. The summed E-state index contributed by atoms with van der Waals surface area (Å²) >= 11 is 1.72. The van der Waals surface area contributed by atoms with Crippen molar-refractivity contribution in [3.8, 4) is 0 Å². The minimum absolute atomic E-state index is 0.101. The van der Waals surface area contributed by atoms with Crippen molar-refractivity contribution in [1.29, 1.82) is 0 Å². The number of fused-ring (bicyclic) bond motifs is 1. The van der Waals surface area contributed by atoms with E-state index in [0.717, 1.165) is 24.3 Å². The maximum Gasteiger partial charge on any atom is 0.416 e. The Bertz CT molecular complexity index is 607. The Balaban J connectivity index is 2.45. The number of imidazole rings is 1. The van der Waals surface area contributed by atoms with Gasteiger partial charge in [-0.3, -0.25) is 0 Å². The van der Waals surface area contributed by atoms with Gasteiger partial charge in [0.05, 0.1) is 16.6 Å². The van der Waals surface area contributed by atoms with Gasteiger partial charge < -0.3 is 10.3 Å². The van der Waals surface area contributed by atoms with Crippen LogP contribution in [0.5, 0.6) is 0 Å². The molecule has 2 aromatic rings. The van der Waals surface area contributed by atoms with Gasteiger partial charge in [0.1, 0.15) is 0 Å². The SMILES string of the molecule is CSCCC(C)n1c(N)nc2cc(C(F)(F)F)ccc21. The van der Waals surface area contributed by atoms with Crippen molar-refractivity contribution in [3.05, 3.63) is 23.8 Å². The highest BCUT2D eigenvalue weighted by Crippen LogP contribution is 2.33. The number of nitrogen functional groups attached to an aromatic ring is 1. The van der Waals surface area contributed by atoms with Gasteiger partial charge in [-0.15, -0.1) is 0 Å². The maximum atomic E-state index is 12.7. The molecule has 0 spiro atoms. The minimum Gasteiger partial charge on any atom is -0.369 e. The van der Waals surface area contributed by atoms with E-state index in [9.17, 15) is 13.2 Å². The van der Waals surface area contributed by atoms with Gasteiger partial charge in [0, 0.05) is 6.04 Å². The lowest BCUT2D eigenvalue weighted by Gasteiger charge is -2.15. The quantitative estimate of drug-likeness (QED) is 0.930. The molecule has 7 heteroatoms. The Labute approximate surface area is 119 Å². The van der Waals surface area contributed by atoms with Gasteiger partial charge in [-0.25, -0.2) is 4.98 Å². The maximum absolute atomic E-state index is 12.7. The summed E-state index contributed by atoms with van der Waals surface area (Å²) in [5.74, 6) is 1.22. The number of nitrogens with zero attached hydrogens (tertiary/aromatic N) is 2. The lowest BCUT2D eigenvalue weighted by Crippen LogP contribution is -2.10. The van der Waals surface area contributed by atoms with Crippen LogP contribution in [0, 0.1) is 0 Å². The Kier molecular flexibility index (Phi) is 4.17. The third-order valence-electron chi connectivity index (χ3n) is 3.22.